The van der Waals surface area contributed by atoms with Crippen LogP contribution in [0.1, 0.15) is 10.4 Å². The molecule has 0 aliphatic rings. The fourth-order valence-electron chi connectivity index (χ4n) is 2.09. The van der Waals surface area contributed by atoms with Crippen LogP contribution in [0.3, 0.4) is 0 Å². The minimum absolute atomic E-state index is 0.0953. The second-order valence-electron chi connectivity index (χ2n) is 4.53. The molecular weight excluding hydrogens is 314 g/mol. The van der Waals surface area contributed by atoms with E-state index in [-0.39, 0.29) is 5.91 Å². The topological polar surface area (TPSA) is 29.1 Å². The number of anilines is 1. The Kier molecular flexibility index (Phi) is 3.52. The molecule has 0 spiro atoms. The number of carbonyl (C=O) groups is 1. The van der Waals surface area contributed by atoms with Crippen LogP contribution in [-0.4, -0.2) is 5.91 Å². The van der Waals surface area contributed by atoms with Gasteiger partial charge >= 0.3 is 0 Å². The number of nitrogens with one attached hydrogen (secondary N) is 1. The molecule has 3 aromatic carbocycles. The van der Waals surface area contributed by atoms with E-state index >= 15 is 0 Å². The standard InChI is InChI=1S/C17H12BrNO/c18-15-8-6-14-11-16(9-7-13(14)10-15)19-17(20)12-4-2-1-3-5-12/h1-11H,(H,19,20). The largest absolute Gasteiger partial charge is 0.322 e. The molecule has 0 saturated carbocycles. The van der Waals surface area contributed by atoms with Gasteiger partial charge in [-0.1, -0.05) is 46.3 Å². The lowest BCUT2D eigenvalue weighted by Crippen LogP contribution is -2.11. The number of hydrogen-bond acceptors (Lipinski definition) is 1. The molecule has 3 rings (SSSR count). The van der Waals surface area contributed by atoms with Crippen molar-refractivity contribution in [2.24, 2.45) is 0 Å². The van der Waals surface area contributed by atoms with Crippen molar-refractivity contribution in [3.8, 4) is 0 Å². The average Bonchev–Trinajstić information content (AvgIpc) is 2.48. The van der Waals surface area contributed by atoms with Crippen molar-refractivity contribution in [3.05, 3.63) is 76.8 Å². The Hall–Kier alpha value is -2.13. The molecule has 0 bridgehead atoms. The van der Waals surface area contributed by atoms with Gasteiger partial charge in [-0.2, -0.15) is 0 Å². The Morgan fingerprint density at radius 1 is 0.850 bits per heavy atom. The fourth-order valence-corrected chi connectivity index (χ4v) is 2.47. The van der Waals surface area contributed by atoms with Gasteiger partial charge < -0.3 is 5.32 Å². The Balaban J connectivity index is 1.88. The summed E-state index contributed by atoms with van der Waals surface area (Å²) < 4.78 is 1.05. The van der Waals surface area contributed by atoms with Crippen LogP contribution in [0.25, 0.3) is 10.8 Å². The molecule has 3 aromatic rings. The number of fused-ring (bicyclic) bond motifs is 1. The Bertz CT molecular complexity index is 768. The quantitative estimate of drug-likeness (QED) is 0.716. The van der Waals surface area contributed by atoms with E-state index in [9.17, 15) is 4.79 Å². The van der Waals surface area contributed by atoms with Crippen molar-refractivity contribution in [1.82, 2.24) is 0 Å². The molecule has 1 N–H and O–H groups in total. The molecule has 0 saturated heterocycles. The Morgan fingerprint density at radius 2 is 1.55 bits per heavy atom. The maximum absolute atomic E-state index is 12.1. The lowest BCUT2D eigenvalue weighted by atomic mass is 10.1. The van der Waals surface area contributed by atoms with Crippen molar-refractivity contribution in [1.29, 1.82) is 0 Å². The summed E-state index contributed by atoms with van der Waals surface area (Å²) in [5.74, 6) is -0.0953. The van der Waals surface area contributed by atoms with E-state index in [0.717, 1.165) is 20.9 Å². The van der Waals surface area contributed by atoms with Gasteiger partial charge in [-0.15, -0.1) is 0 Å². The van der Waals surface area contributed by atoms with Crippen LogP contribution in [0.15, 0.2) is 71.2 Å². The molecule has 0 heterocycles. The van der Waals surface area contributed by atoms with Gasteiger partial charge in [0.2, 0.25) is 0 Å². The predicted octanol–water partition coefficient (Wildman–Crippen LogP) is 4.85. The van der Waals surface area contributed by atoms with Crippen LogP contribution < -0.4 is 5.32 Å². The number of amides is 1. The van der Waals surface area contributed by atoms with Gasteiger partial charge in [-0.3, -0.25) is 4.79 Å². The van der Waals surface area contributed by atoms with Gasteiger partial charge in [0.25, 0.3) is 5.91 Å². The van der Waals surface area contributed by atoms with Gasteiger partial charge in [0.05, 0.1) is 0 Å². The summed E-state index contributed by atoms with van der Waals surface area (Å²) in [6.45, 7) is 0. The average molecular weight is 326 g/mol. The highest BCUT2D eigenvalue weighted by Gasteiger charge is 2.05. The highest BCUT2D eigenvalue weighted by Crippen LogP contribution is 2.23. The maximum Gasteiger partial charge on any atom is 0.255 e. The summed E-state index contributed by atoms with van der Waals surface area (Å²) >= 11 is 3.45. The molecule has 0 aliphatic heterocycles. The van der Waals surface area contributed by atoms with Crippen LogP contribution in [0.4, 0.5) is 5.69 Å². The summed E-state index contributed by atoms with van der Waals surface area (Å²) in [5, 5.41) is 5.15. The molecule has 1 amide bonds. The van der Waals surface area contributed by atoms with E-state index < -0.39 is 0 Å². The Labute approximate surface area is 125 Å². The maximum atomic E-state index is 12.1. The molecule has 2 nitrogen and oxygen atoms in total. The first-order chi connectivity index (χ1) is 9.72. The first-order valence-corrected chi connectivity index (χ1v) is 7.07. The van der Waals surface area contributed by atoms with E-state index in [1.54, 1.807) is 12.1 Å². The molecule has 20 heavy (non-hydrogen) atoms. The summed E-state index contributed by atoms with van der Waals surface area (Å²) in [6.07, 6.45) is 0. The third kappa shape index (κ3) is 2.73. The first-order valence-electron chi connectivity index (χ1n) is 6.28. The van der Waals surface area contributed by atoms with E-state index in [4.69, 9.17) is 0 Å². The normalized spacial score (nSPS) is 10.4. The van der Waals surface area contributed by atoms with E-state index in [1.165, 1.54) is 0 Å². The molecule has 3 heteroatoms. The van der Waals surface area contributed by atoms with Gasteiger partial charge in [0.15, 0.2) is 0 Å². The van der Waals surface area contributed by atoms with Crippen LogP contribution in [0, 0.1) is 0 Å². The van der Waals surface area contributed by atoms with Crippen molar-refractivity contribution in [2.75, 3.05) is 5.32 Å². The lowest BCUT2D eigenvalue weighted by Gasteiger charge is -2.07. The SMILES string of the molecule is O=C(Nc1ccc2cc(Br)ccc2c1)c1ccccc1. The zero-order valence-electron chi connectivity index (χ0n) is 10.6. The van der Waals surface area contributed by atoms with Crippen LogP contribution in [-0.2, 0) is 0 Å². The molecular formula is C17H12BrNO. The minimum Gasteiger partial charge on any atom is -0.322 e. The summed E-state index contributed by atoms with van der Waals surface area (Å²) in [5.41, 5.74) is 1.46. The number of hydrogen-bond donors (Lipinski definition) is 1. The zero-order valence-corrected chi connectivity index (χ0v) is 12.2. The van der Waals surface area contributed by atoms with Gasteiger partial charge in [-0.05, 0) is 47.2 Å². The monoisotopic (exact) mass is 325 g/mol. The van der Waals surface area contributed by atoms with Crippen molar-refractivity contribution >= 4 is 38.3 Å². The lowest BCUT2D eigenvalue weighted by molar-refractivity contribution is 0.102. The first kappa shape index (κ1) is 12.9. The molecule has 0 fully saturated rings. The molecule has 0 aromatic heterocycles. The second-order valence-corrected chi connectivity index (χ2v) is 5.44. The third-order valence-electron chi connectivity index (χ3n) is 3.10. The smallest absolute Gasteiger partial charge is 0.255 e. The van der Waals surface area contributed by atoms with E-state index in [2.05, 4.69) is 27.3 Å². The highest BCUT2D eigenvalue weighted by molar-refractivity contribution is 9.10. The summed E-state index contributed by atoms with van der Waals surface area (Å²) in [7, 11) is 0. The van der Waals surface area contributed by atoms with Crippen molar-refractivity contribution in [2.45, 2.75) is 0 Å². The zero-order chi connectivity index (χ0) is 13.9. The van der Waals surface area contributed by atoms with Crippen molar-refractivity contribution < 1.29 is 4.79 Å². The fraction of sp³-hybridized carbons (Fsp3) is 0. The van der Waals surface area contributed by atoms with Crippen molar-refractivity contribution in [3.63, 3.8) is 0 Å². The van der Waals surface area contributed by atoms with Gasteiger partial charge in [-0.25, -0.2) is 0 Å². The third-order valence-corrected chi connectivity index (χ3v) is 3.59. The number of carbonyl (C=O) groups excluding carboxylic acids is 1. The molecule has 0 aliphatic carbocycles. The molecule has 0 radical (unpaired) electrons. The summed E-state index contributed by atoms with van der Waals surface area (Å²) in [6, 6.07) is 21.2. The highest BCUT2D eigenvalue weighted by atomic mass is 79.9. The Morgan fingerprint density at radius 3 is 2.35 bits per heavy atom. The predicted molar refractivity (Wildman–Crippen MR) is 86.0 cm³/mol. The second kappa shape index (κ2) is 5.47. The molecule has 98 valence electrons. The van der Waals surface area contributed by atoms with E-state index in [0.29, 0.717) is 5.56 Å². The summed E-state index contributed by atoms with van der Waals surface area (Å²) in [4.78, 5) is 12.1. The number of rotatable bonds is 2. The van der Waals surface area contributed by atoms with Crippen LogP contribution in [0.5, 0.6) is 0 Å². The van der Waals surface area contributed by atoms with Crippen LogP contribution in [0.2, 0.25) is 0 Å². The molecule has 0 atom stereocenters. The van der Waals surface area contributed by atoms with E-state index in [1.807, 2.05) is 48.5 Å². The van der Waals surface area contributed by atoms with Gasteiger partial charge in [0.1, 0.15) is 0 Å². The minimum atomic E-state index is -0.0953. The molecule has 0 unspecified atom stereocenters. The van der Waals surface area contributed by atoms with Gasteiger partial charge in [0, 0.05) is 15.7 Å². The number of benzene rings is 3. The van der Waals surface area contributed by atoms with Crippen LogP contribution >= 0.6 is 15.9 Å². The number of halogens is 1.